The maximum absolute atomic E-state index is 12.7. The molecule has 1 aliphatic heterocycles. The SMILES string of the molecule is Cl.NCCC1CCCCN1Cc1cccc(C(F)(F)F)c1. The third-order valence-corrected chi connectivity index (χ3v) is 3.89. The molecule has 1 atom stereocenters. The summed E-state index contributed by atoms with van der Waals surface area (Å²) in [6, 6.07) is 6.04. The molecule has 0 amide bonds. The van der Waals surface area contributed by atoms with Gasteiger partial charge < -0.3 is 5.73 Å². The Bertz CT molecular complexity index is 435. The highest BCUT2D eigenvalue weighted by Crippen LogP contribution is 2.30. The second-order valence-corrected chi connectivity index (χ2v) is 5.40. The van der Waals surface area contributed by atoms with Crippen LogP contribution in [0.5, 0.6) is 0 Å². The van der Waals surface area contributed by atoms with Gasteiger partial charge in [-0.05, 0) is 44.0 Å². The van der Waals surface area contributed by atoms with E-state index in [9.17, 15) is 13.2 Å². The van der Waals surface area contributed by atoms with Crippen LogP contribution in [0, 0.1) is 0 Å². The highest BCUT2D eigenvalue weighted by molar-refractivity contribution is 5.85. The number of hydrogen-bond donors (Lipinski definition) is 1. The number of alkyl halides is 3. The number of halogens is 4. The Labute approximate surface area is 129 Å². The van der Waals surface area contributed by atoms with Crippen molar-refractivity contribution in [3.05, 3.63) is 35.4 Å². The van der Waals surface area contributed by atoms with Crippen LogP contribution >= 0.6 is 12.4 Å². The highest BCUT2D eigenvalue weighted by Gasteiger charge is 2.30. The molecule has 0 spiro atoms. The largest absolute Gasteiger partial charge is 0.416 e. The van der Waals surface area contributed by atoms with Crippen LogP contribution in [0.4, 0.5) is 13.2 Å². The summed E-state index contributed by atoms with van der Waals surface area (Å²) in [6.45, 7) is 2.15. The number of likely N-dealkylation sites (tertiary alicyclic amines) is 1. The van der Waals surface area contributed by atoms with Crippen molar-refractivity contribution in [3.63, 3.8) is 0 Å². The van der Waals surface area contributed by atoms with Gasteiger partial charge in [0.2, 0.25) is 0 Å². The smallest absolute Gasteiger partial charge is 0.330 e. The lowest BCUT2D eigenvalue weighted by Crippen LogP contribution is -2.40. The second kappa shape index (κ2) is 8.01. The zero-order chi connectivity index (χ0) is 14.6. The molecule has 2 nitrogen and oxygen atoms in total. The van der Waals surface area contributed by atoms with Gasteiger partial charge in [0, 0.05) is 12.6 Å². The standard InChI is InChI=1S/C15H21F3N2.ClH/c16-15(17,18)13-5-3-4-12(10-13)11-20-9-2-1-6-14(20)7-8-19;/h3-5,10,14H,1-2,6-9,11,19H2;1H. The molecule has 2 N–H and O–H groups in total. The predicted molar refractivity (Wildman–Crippen MR) is 80.4 cm³/mol. The van der Waals surface area contributed by atoms with Crippen LogP contribution < -0.4 is 5.73 Å². The van der Waals surface area contributed by atoms with E-state index in [2.05, 4.69) is 4.90 Å². The summed E-state index contributed by atoms with van der Waals surface area (Å²) >= 11 is 0. The van der Waals surface area contributed by atoms with Gasteiger partial charge in [-0.3, -0.25) is 4.90 Å². The normalized spacial score (nSPS) is 20.1. The molecule has 0 aromatic heterocycles. The van der Waals surface area contributed by atoms with Gasteiger partial charge in [-0.25, -0.2) is 0 Å². The number of benzene rings is 1. The van der Waals surface area contributed by atoms with Crippen molar-refractivity contribution in [2.75, 3.05) is 13.1 Å². The minimum Gasteiger partial charge on any atom is -0.330 e. The number of hydrogen-bond acceptors (Lipinski definition) is 2. The van der Waals surface area contributed by atoms with Crippen LogP contribution in [0.3, 0.4) is 0 Å². The van der Waals surface area contributed by atoms with E-state index >= 15 is 0 Å². The number of nitrogens with zero attached hydrogens (tertiary/aromatic N) is 1. The van der Waals surface area contributed by atoms with Gasteiger partial charge in [0.1, 0.15) is 0 Å². The first-order chi connectivity index (χ1) is 9.50. The lowest BCUT2D eigenvalue weighted by Gasteiger charge is -2.35. The fourth-order valence-corrected chi connectivity index (χ4v) is 2.87. The van der Waals surface area contributed by atoms with Crippen molar-refractivity contribution in [1.29, 1.82) is 0 Å². The van der Waals surface area contributed by atoms with E-state index in [1.807, 2.05) is 0 Å². The fraction of sp³-hybridized carbons (Fsp3) is 0.600. The topological polar surface area (TPSA) is 29.3 Å². The molecule has 120 valence electrons. The average molecular weight is 323 g/mol. The van der Waals surface area contributed by atoms with Gasteiger partial charge in [0.05, 0.1) is 5.56 Å². The van der Waals surface area contributed by atoms with E-state index in [0.29, 0.717) is 19.1 Å². The Morgan fingerprint density at radius 3 is 2.67 bits per heavy atom. The van der Waals surface area contributed by atoms with Crippen LogP contribution in [0.1, 0.15) is 36.8 Å². The van der Waals surface area contributed by atoms with Crippen LogP contribution in [0.15, 0.2) is 24.3 Å². The van der Waals surface area contributed by atoms with E-state index in [1.54, 1.807) is 6.07 Å². The molecule has 6 heteroatoms. The van der Waals surface area contributed by atoms with Crippen molar-refractivity contribution in [3.8, 4) is 0 Å². The van der Waals surface area contributed by atoms with E-state index in [4.69, 9.17) is 5.73 Å². The van der Waals surface area contributed by atoms with Crippen LogP contribution in [-0.4, -0.2) is 24.0 Å². The molecule has 1 saturated heterocycles. The fourth-order valence-electron chi connectivity index (χ4n) is 2.87. The molecule has 0 saturated carbocycles. The van der Waals surface area contributed by atoms with E-state index in [0.717, 1.165) is 37.4 Å². The van der Waals surface area contributed by atoms with Crippen molar-refractivity contribution in [2.45, 2.75) is 44.4 Å². The van der Waals surface area contributed by atoms with Gasteiger partial charge in [-0.1, -0.05) is 24.6 Å². The first-order valence-corrected chi connectivity index (χ1v) is 7.11. The van der Waals surface area contributed by atoms with Crippen LogP contribution in [0.25, 0.3) is 0 Å². The summed E-state index contributed by atoms with van der Waals surface area (Å²) in [6.07, 6.45) is 0.0352. The summed E-state index contributed by atoms with van der Waals surface area (Å²) in [5.41, 5.74) is 5.78. The summed E-state index contributed by atoms with van der Waals surface area (Å²) in [5, 5.41) is 0. The quantitative estimate of drug-likeness (QED) is 0.913. The van der Waals surface area contributed by atoms with Gasteiger partial charge in [-0.2, -0.15) is 13.2 Å². The Morgan fingerprint density at radius 2 is 2.00 bits per heavy atom. The molecule has 1 aromatic rings. The second-order valence-electron chi connectivity index (χ2n) is 5.40. The number of nitrogens with two attached hydrogens (primary N) is 1. The third kappa shape index (κ3) is 5.16. The Morgan fingerprint density at radius 1 is 1.24 bits per heavy atom. The average Bonchev–Trinajstić information content (AvgIpc) is 2.41. The maximum atomic E-state index is 12.7. The first kappa shape index (κ1) is 18.3. The Hall–Kier alpha value is -0.780. The zero-order valence-electron chi connectivity index (χ0n) is 11.9. The Kier molecular flexibility index (Phi) is 6.97. The molecule has 1 heterocycles. The van der Waals surface area contributed by atoms with Crippen LogP contribution in [0.2, 0.25) is 0 Å². The molecule has 21 heavy (non-hydrogen) atoms. The maximum Gasteiger partial charge on any atom is 0.416 e. The number of rotatable bonds is 4. The molecular formula is C15H22ClF3N2. The molecule has 1 aromatic carbocycles. The molecule has 1 unspecified atom stereocenters. The minimum atomic E-state index is -4.27. The number of piperidine rings is 1. The summed E-state index contributed by atoms with van der Waals surface area (Å²) in [5.74, 6) is 0. The molecular weight excluding hydrogens is 301 g/mol. The van der Waals surface area contributed by atoms with E-state index < -0.39 is 11.7 Å². The van der Waals surface area contributed by atoms with E-state index in [-0.39, 0.29) is 12.4 Å². The molecule has 2 rings (SSSR count). The monoisotopic (exact) mass is 322 g/mol. The molecule has 0 aliphatic carbocycles. The third-order valence-electron chi connectivity index (χ3n) is 3.89. The highest BCUT2D eigenvalue weighted by atomic mass is 35.5. The Balaban J connectivity index is 0.00000220. The summed E-state index contributed by atoms with van der Waals surface area (Å²) in [4.78, 5) is 2.27. The van der Waals surface area contributed by atoms with Gasteiger partial charge >= 0.3 is 6.18 Å². The van der Waals surface area contributed by atoms with Crippen molar-refractivity contribution in [1.82, 2.24) is 4.90 Å². The van der Waals surface area contributed by atoms with Crippen molar-refractivity contribution < 1.29 is 13.2 Å². The minimum absolute atomic E-state index is 0. The zero-order valence-corrected chi connectivity index (χ0v) is 12.7. The van der Waals surface area contributed by atoms with Crippen molar-refractivity contribution in [2.24, 2.45) is 5.73 Å². The molecule has 1 aliphatic rings. The molecule has 0 radical (unpaired) electrons. The lowest BCUT2D eigenvalue weighted by atomic mass is 9.98. The van der Waals surface area contributed by atoms with E-state index in [1.165, 1.54) is 18.6 Å². The van der Waals surface area contributed by atoms with Gasteiger partial charge in [-0.15, -0.1) is 12.4 Å². The summed E-state index contributed by atoms with van der Waals surface area (Å²) in [7, 11) is 0. The molecule has 1 fully saturated rings. The van der Waals surface area contributed by atoms with Gasteiger partial charge in [0.15, 0.2) is 0 Å². The lowest BCUT2D eigenvalue weighted by molar-refractivity contribution is -0.137. The predicted octanol–water partition coefficient (Wildman–Crippen LogP) is 3.83. The summed E-state index contributed by atoms with van der Waals surface area (Å²) < 4.78 is 38.1. The first-order valence-electron chi connectivity index (χ1n) is 7.11. The molecule has 0 bridgehead atoms. The van der Waals surface area contributed by atoms with Gasteiger partial charge in [0.25, 0.3) is 0 Å². The van der Waals surface area contributed by atoms with Crippen molar-refractivity contribution >= 4 is 12.4 Å². The van der Waals surface area contributed by atoms with Crippen LogP contribution in [-0.2, 0) is 12.7 Å².